The van der Waals surface area contributed by atoms with Gasteiger partial charge in [-0.3, -0.25) is 0 Å². The van der Waals surface area contributed by atoms with Crippen LogP contribution >= 0.6 is 0 Å². The number of aryl methyl sites for hydroxylation is 2. The zero-order chi connectivity index (χ0) is 32.4. The number of nitrogens with zero attached hydrogens (tertiary/aromatic N) is 2. The Morgan fingerprint density at radius 1 is 0.745 bits per heavy atom. The molecule has 0 aliphatic rings. The minimum atomic E-state index is -1.23. The van der Waals surface area contributed by atoms with Crippen LogP contribution in [0.5, 0.6) is 0 Å². The van der Waals surface area contributed by atoms with Crippen molar-refractivity contribution in [1.82, 2.24) is 9.97 Å². The van der Waals surface area contributed by atoms with Gasteiger partial charge in [0.1, 0.15) is 5.58 Å². The average molecular weight is 809 g/mol. The van der Waals surface area contributed by atoms with Crippen molar-refractivity contribution in [3.8, 4) is 33.6 Å². The molecule has 0 fully saturated rings. The van der Waals surface area contributed by atoms with Crippen LogP contribution in [0.4, 0.5) is 0 Å². The van der Waals surface area contributed by atoms with E-state index in [1.54, 1.807) is 0 Å². The third-order valence-corrected chi connectivity index (χ3v) is 10.3. The molecule has 0 amide bonds. The summed E-state index contributed by atoms with van der Waals surface area (Å²) in [5.74, 6) is 0.442. The summed E-state index contributed by atoms with van der Waals surface area (Å²) in [5.41, 5.74) is 11.8. The van der Waals surface area contributed by atoms with Crippen LogP contribution in [0.2, 0.25) is 19.6 Å². The molecular weight excluding hydrogens is 769 g/mol. The maximum absolute atomic E-state index is 6.39. The quantitative estimate of drug-likeness (QED) is 0.128. The first-order chi connectivity index (χ1) is 22.1. The molecule has 3 heterocycles. The number of hydrogen-bond donors (Lipinski definition) is 0. The summed E-state index contributed by atoms with van der Waals surface area (Å²) in [5, 5.41) is 3.64. The second-order valence-corrected chi connectivity index (χ2v) is 18.4. The van der Waals surface area contributed by atoms with Crippen LogP contribution in [0.15, 0.2) is 114 Å². The number of hydrogen-bond acceptors (Lipinski definition) is 3. The molecule has 0 atom stereocenters. The molecule has 0 N–H and O–H groups in total. The van der Waals surface area contributed by atoms with Gasteiger partial charge >= 0.3 is 0 Å². The number of fused-ring (bicyclic) bond motifs is 3. The van der Waals surface area contributed by atoms with Gasteiger partial charge in [0.2, 0.25) is 0 Å². The predicted molar refractivity (Wildman–Crippen MR) is 196 cm³/mol. The van der Waals surface area contributed by atoms with Gasteiger partial charge in [-0.2, -0.15) is 0 Å². The van der Waals surface area contributed by atoms with Crippen molar-refractivity contribution in [2.75, 3.05) is 0 Å². The zero-order valence-corrected chi connectivity index (χ0v) is 31.5. The van der Waals surface area contributed by atoms with Crippen molar-refractivity contribution in [2.45, 2.75) is 53.3 Å². The largest absolute Gasteiger partial charge is 0.501 e. The minimum Gasteiger partial charge on any atom is -0.501 e. The Morgan fingerprint density at radius 2 is 1.53 bits per heavy atom. The van der Waals surface area contributed by atoms with Crippen LogP contribution in [0, 0.1) is 26.0 Å². The molecule has 0 aliphatic heterocycles. The van der Waals surface area contributed by atoms with Gasteiger partial charge in [0.25, 0.3) is 0 Å². The number of aromatic nitrogens is 2. The standard InChI is InChI=1S/C28H24NO.C14H16NSi.Ir/c1-17(2)20-11-12-29-25(16-20)23-8-5-9-24-27-22(7-6-10-26(27)30-28(23)24)21-14-18(3)13-19(4)15-21;1-16(2,3)13-9-10-14(15-11-13)12-7-5-4-6-8-12;/h5-7,9-17H,1-4H3;4-7,9-11H,1-3H3;/q2*-1;. The maximum Gasteiger partial charge on any atom is 0.121 e. The van der Waals surface area contributed by atoms with E-state index in [0.717, 1.165) is 44.5 Å². The Balaban J connectivity index is 0.000000217. The topological polar surface area (TPSA) is 38.9 Å². The second-order valence-electron chi connectivity index (χ2n) is 13.3. The summed E-state index contributed by atoms with van der Waals surface area (Å²) in [4.78, 5) is 9.14. The molecule has 7 rings (SSSR count). The Labute approximate surface area is 293 Å². The van der Waals surface area contributed by atoms with Crippen LogP contribution in [-0.4, -0.2) is 18.0 Å². The summed E-state index contributed by atoms with van der Waals surface area (Å²) in [7, 11) is -1.23. The SMILES string of the molecule is C[Si](C)(C)c1ccc(-c2[c-]cccc2)nc1.Cc1cc(C)cc(-c2cccc3oc4c(-c5cc(C(C)C)ccn5)[c-]ccc4c23)c1.[Ir]. The van der Waals surface area contributed by atoms with Crippen LogP contribution in [-0.2, 0) is 20.1 Å². The van der Waals surface area contributed by atoms with Crippen LogP contribution in [0.25, 0.3) is 55.6 Å². The Hall–Kier alpha value is -4.15. The van der Waals surface area contributed by atoms with E-state index in [2.05, 4.69) is 130 Å². The number of rotatable bonds is 5. The molecule has 0 saturated heterocycles. The van der Waals surface area contributed by atoms with E-state index in [0.29, 0.717) is 5.92 Å². The second kappa shape index (κ2) is 14.3. The van der Waals surface area contributed by atoms with Crippen LogP contribution < -0.4 is 5.19 Å². The first-order valence-electron chi connectivity index (χ1n) is 15.9. The van der Waals surface area contributed by atoms with Gasteiger partial charge in [-0.05, 0) is 59.6 Å². The summed E-state index contributed by atoms with van der Waals surface area (Å²) in [6.07, 6.45) is 3.89. The van der Waals surface area contributed by atoms with Crippen molar-refractivity contribution >= 4 is 35.2 Å². The molecule has 0 aliphatic carbocycles. The average Bonchev–Trinajstić information content (AvgIpc) is 3.44. The molecule has 0 bridgehead atoms. The molecule has 5 heteroatoms. The van der Waals surface area contributed by atoms with Gasteiger partial charge in [-0.25, -0.2) is 0 Å². The predicted octanol–water partition coefficient (Wildman–Crippen LogP) is 10.9. The molecule has 3 nitrogen and oxygen atoms in total. The number of pyridine rings is 2. The van der Waals surface area contributed by atoms with E-state index in [9.17, 15) is 0 Å². The molecule has 4 aromatic carbocycles. The molecule has 3 aromatic heterocycles. The van der Waals surface area contributed by atoms with E-state index in [-0.39, 0.29) is 20.1 Å². The normalized spacial score (nSPS) is 11.3. The van der Waals surface area contributed by atoms with Gasteiger partial charge < -0.3 is 14.4 Å². The Bertz CT molecular complexity index is 2110. The third kappa shape index (κ3) is 7.54. The fourth-order valence-corrected chi connectivity index (χ4v) is 6.88. The van der Waals surface area contributed by atoms with Crippen LogP contribution in [0.1, 0.15) is 36.5 Å². The summed E-state index contributed by atoms with van der Waals surface area (Å²) in [6.45, 7) is 15.7. The van der Waals surface area contributed by atoms with E-state index in [1.807, 2.05) is 48.8 Å². The fourth-order valence-electron chi connectivity index (χ4n) is 5.84. The molecule has 0 saturated carbocycles. The van der Waals surface area contributed by atoms with Gasteiger partial charge in [0, 0.05) is 37.9 Å². The maximum atomic E-state index is 6.39. The zero-order valence-electron chi connectivity index (χ0n) is 28.1. The van der Waals surface area contributed by atoms with Crippen LogP contribution in [0.3, 0.4) is 0 Å². The molecule has 0 unspecified atom stereocenters. The summed E-state index contributed by atoms with van der Waals surface area (Å²) in [6, 6.07) is 40.1. The fraction of sp³-hybridized carbons (Fsp3) is 0.190. The molecule has 1 radical (unpaired) electrons. The third-order valence-electron chi connectivity index (χ3n) is 8.31. The van der Waals surface area contributed by atoms with E-state index >= 15 is 0 Å². The van der Waals surface area contributed by atoms with E-state index < -0.39 is 8.07 Å². The minimum absolute atomic E-state index is 0. The van der Waals surface area contributed by atoms with Gasteiger partial charge in [-0.15, -0.1) is 54.1 Å². The first-order valence-corrected chi connectivity index (χ1v) is 19.4. The molecule has 47 heavy (non-hydrogen) atoms. The van der Waals surface area contributed by atoms with Crippen molar-refractivity contribution < 1.29 is 24.5 Å². The molecule has 239 valence electrons. The van der Waals surface area contributed by atoms with E-state index in [4.69, 9.17) is 4.42 Å². The van der Waals surface area contributed by atoms with Crippen molar-refractivity contribution in [3.63, 3.8) is 0 Å². The summed E-state index contributed by atoms with van der Waals surface area (Å²) >= 11 is 0. The van der Waals surface area contributed by atoms with Gasteiger partial charge in [0.05, 0.1) is 13.7 Å². The summed E-state index contributed by atoms with van der Waals surface area (Å²) < 4.78 is 6.39. The molecular formula is C42H40IrN2OSi-2. The Kier molecular flexibility index (Phi) is 10.4. The molecule has 7 aromatic rings. The Morgan fingerprint density at radius 3 is 2.19 bits per heavy atom. The van der Waals surface area contributed by atoms with Gasteiger partial charge in [-0.1, -0.05) is 110 Å². The number of benzene rings is 4. The number of furan rings is 1. The van der Waals surface area contributed by atoms with E-state index in [1.165, 1.54) is 33.0 Å². The van der Waals surface area contributed by atoms with Crippen molar-refractivity contribution in [1.29, 1.82) is 0 Å². The first kappa shape index (κ1) is 34.2. The van der Waals surface area contributed by atoms with Crippen molar-refractivity contribution in [2.24, 2.45) is 0 Å². The molecule has 0 spiro atoms. The smallest absolute Gasteiger partial charge is 0.121 e. The monoisotopic (exact) mass is 809 g/mol. The van der Waals surface area contributed by atoms with Crippen molar-refractivity contribution in [3.05, 3.63) is 138 Å². The van der Waals surface area contributed by atoms with Gasteiger partial charge in [0.15, 0.2) is 0 Å².